The van der Waals surface area contributed by atoms with E-state index >= 15 is 0 Å². The third-order valence-electron chi connectivity index (χ3n) is 4.03. The van der Waals surface area contributed by atoms with Crippen LogP contribution in [0.2, 0.25) is 0 Å². The maximum absolute atomic E-state index is 12.6. The van der Waals surface area contributed by atoms with E-state index in [9.17, 15) is 22.8 Å². The quantitative estimate of drug-likeness (QED) is 0.585. The summed E-state index contributed by atoms with van der Waals surface area (Å²) in [6, 6.07) is 6.57. The van der Waals surface area contributed by atoms with Crippen molar-refractivity contribution in [3.63, 3.8) is 0 Å². The molecule has 0 bridgehead atoms. The molecule has 2 heterocycles. The van der Waals surface area contributed by atoms with Crippen molar-refractivity contribution in [2.24, 2.45) is 4.99 Å². The maximum Gasteiger partial charge on any atom is 0.326 e. The molecule has 0 saturated heterocycles. The molecule has 0 unspecified atom stereocenters. The molecule has 0 atom stereocenters. The lowest BCUT2D eigenvalue weighted by molar-refractivity contribution is 0.102. The third-order valence-corrected chi connectivity index (χ3v) is 5.41. The lowest BCUT2D eigenvalue weighted by Crippen LogP contribution is -2.30. The molecule has 1 amide bonds. The maximum atomic E-state index is 12.6. The van der Waals surface area contributed by atoms with Crippen LogP contribution in [0.15, 0.2) is 49.8 Å². The molecule has 1 aliphatic heterocycles. The second kappa shape index (κ2) is 8.21. The number of aromatic nitrogens is 2. The molecule has 0 aliphatic carbocycles. The number of amides is 1. The highest BCUT2D eigenvalue weighted by Crippen LogP contribution is 2.17. The average Bonchev–Trinajstić information content (AvgIpc) is 2.89. The molecule has 0 saturated carbocycles. The number of nitrogens with zero attached hydrogens (tertiary/aromatic N) is 1. The Kier molecular flexibility index (Phi) is 5.73. The molecule has 2 aromatic rings. The zero-order valence-corrected chi connectivity index (χ0v) is 15.6. The smallest absolute Gasteiger partial charge is 0.321 e. The van der Waals surface area contributed by atoms with E-state index in [0.717, 1.165) is 25.3 Å². The number of aromatic amines is 2. The number of H-pyrrole nitrogens is 2. The number of rotatable bonds is 4. The number of carbonyl (C=O) groups excluding carboxylic acids is 1. The molecule has 1 aromatic heterocycles. The molecule has 4 N–H and O–H groups in total. The van der Waals surface area contributed by atoms with Crippen LogP contribution < -0.4 is 21.3 Å². The van der Waals surface area contributed by atoms with Gasteiger partial charge in [0, 0.05) is 24.7 Å². The van der Waals surface area contributed by atoms with Gasteiger partial charge in [-0.1, -0.05) is 12.5 Å². The minimum atomic E-state index is -3.86. The van der Waals surface area contributed by atoms with E-state index in [0.29, 0.717) is 18.8 Å². The van der Waals surface area contributed by atoms with Gasteiger partial charge in [0.25, 0.3) is 21.5 Å². The van der Waals surface area contributed by atoms with Crippen LogP contribution in [-0.2, 0) is 10.0 Å². The Morgan fingerprint density at radius 1 is 1.07 bits per heavy atom. The molecule has 3 rings (SSSR count). The van der Waals surface area contributed by atoms with Gasteiger partial charge in [0.2, 0.25) is 0 Å². The van der Waals surface area contributed by atoms with Gasteiger partial charge in [-0.2, -0.15) is 0 Å². The summed E-state index contributed by atoms with van der Waals surface area (Å²) in [5, 5.41) is 2.45. The van der Waals surface area contributed by atoms with Gasteiger partial charge in [-0.15, -0.1) is 0 Å². The number of anilines is 1. The first-order valence-electron chi connectivity index (χ1n) is 8.65. The van der Waals surface area contributed by atoms with Gasteiger partial charge in [0.05, 0.1) is 4.90 Å². The van der Waals surface area contributed by atoms with E-state index in [1.54, 1.807) is 0 Å². The number of nitrogens with one attached hydrogen (secondary N) is 4. The Hall–Kier alpha value is -3.21. The average molecular weight is 405 g/mol. The second-order valence-corrected chi connectivity index (χ2v) is 7.91. The van der Waals surface area contributed by atoms with Crippen molar-refractivity contribution in [1.29, 1.82) is 0 Å². The predicted molar refractivity (Wildman–Crippen MR) is 103 cm³/mol. The minimum Gasteiger partial charge on any atom is -0.321 e. The van der Waals surface area contributed by atoms with Crippen molar-refractivity contribution in [1.82, 2.24) is 14.7 Å². The fraction of sp³-hybridized carbons (Fsp3) is 0.294. The summed E-state index contributed by atoms with van der Waals surface area (Å²) < 4.78 is 27.7. The predicted octanol–water partition coefficient (Wildman–Crippen LogP) is 0.566. The molecular weight excluding hydrogens is 386 g/mol. The lowest BCUT2D eigenvalue weighted by atomic mass is 10.2. The fourth-order valence-corrected chi connectivity index (χ4v) is 3.84. The van der Waals surface area contributed by atoms with Crippen LogP contribution in [0, 0.1) is 0 Å². The van der Waals surface area contributed by atoms with Crippen molar-refractivity contribution in [3.8, 4) is 0 Å². The first kappa shape index (κ1) is 19.5. The zero-order valence-electron chi connectivity index (χ0n) is 14.8. The Labute approximate surface area is 160 Å². The van der Waals surface area contributed by atoms with E-state index < -0.39 is 27.2 Å². The molecule has 0 radical (unpaired) electrons. The van der Waals surface area contributed by atoms with Crippen LogP contribution in [0.5, 0.6) is 0 Å². The summed E-state index contributed by atoms with van der Waals surface area (Å²) in [6.45, 7) is 0.586. The Morgan fingerprint density at radius 2 is 1.89 bits per heavy atom. The monoisotopic (exact) mass is 405 g/mol. The zero-order chi connectivity index (χ0) is 20.1. The summed E-state index contributed by atoms with van der Waals surface area (Å²) in [6.07, 6.45) is 3.36. The van der Waals surface area contributed by atoms with Crippen molar-refractivity contribution in [3.05, 3.63) is 56.9 Å². The van der Waals surface area contributed by atoms with Crippen molar-refractivity contribution < 1.29 is 13.2 Å². The first-order valence-corrected chi connectivity index (χ1v) is 10.1. The number of sulfonamides is 1. The van der Waals surface area contributed by atoms with Gasteiger partial charge in [-0.3, -0.25) is 24.3 Å². The highest BCUT2D eigenvalue weighted by Gasteiger charge is 2.18. The molecule has 11 heteroatoms. The van der Waals surface area contributed by atoms with Gasteiger partial charge in [-0.25, -0.2) is 13.2 Å². The topological polar surface area (TPSA) is 153 Å². The summed E-state index contributed by atoms with van der Waals surface area (Å²) in [7, 11) is -3.86. The Bertz CT molecular complexity index is 1100. The molecule has 1 aliphatic rings. The van der Waals surface area contributed by atoms with E-state index in [2.05, 4.69) is 20.0 Å². The molecule has 1 aromatic carbocycles. The summed E-state index contributed by atoms with van der Waals surface area (Å²) in [4.78, 5) is 43.2. The largest absolute Gasteiger partial charge is 0.326 e. The van der Waals surface area contributed by atoms with Crippen LogP contribution in [0.25, 0.3) is 0 Å². The van der Waals surface area contributed by atoms with Crippen molar-refractivity contribution in [2.45, 2.75) is 30.6 Å². The van der Waals surface area contributed by atoms with Crippen LogP contribution in [0.3, 0.4) is 0 Å². The van der Waals surface area contributed by atoms with Gasteiger partial charge in [-0.05, 0) is 31.0 Å². The van der Waals surface area contributed by atoms with Crippen LogP contribution in [0.4, 0.5) is 5.69 Å². The number of hydrogen-bond acceptors (Lipinski definition) is 6. The number of benzene rings is 1. The van der Waals surface area contributed by atoms with Gasteiger partial charge < -0.3 is 10.3 Å². The molecule has 0 spiro atoms. The van der Waals surface area contributed by atoms with E-state index in [1.165, 1.54) is 24.3 Å². The van der Waals surface area contributed by atoms with E-state index in [-0.39, 0.29) is 16.3 Å². The van der Waals surface area contributed by atoms with Crippen LogP contribution >= 0.6 is 0 Å². The summed E-state index contributed by atoms with van der Waals surface area (Å²) >= 11 is 0. The highest BCUT2D eigenvalue weighted by molar-refractivity contribution is 7.90. The summed E-state index contributed by atoms with van der Waals surface area (Å²) in [5.41, 5.74) is -1.59. The standard InChI is InChI=1S/C17H19N5O5S/c23-15-10-13(20-17(25)21-15)16(24)19-11-5-4-6-12(9-11)28(26,27)22-14-7-2-1-3-8-18-14/h4-6,9-10H,1-3,7-8H2,(H,18,22)(H,19,24)(H2,20,21,23,25). The Morgan fingerprint density at radius 3 is 2.68 bits per heavy atom. The van der Waals surface area contributed by atoms with E-state index in [4.69, 9.17) is 0 Å². The summed E-state index contributed by atoms with van der Waals surface area (Å²) in [5.74, 6) is -0.327. The van der Waals surface area contributed by atoms with Crippen molar-refractivity contribution >= 4 is 27.5 Å². The number of aliphatic imine (C=N–C) groups is 1. The highest BCUT2D eigenvalue weighted by atomic mass is 32.2. The van der Waals surface area contributed by atoms with E-state index in [1.807, 2.05) is 4.98 Å². The molecule has 28 heavy (non-hydrogen) atoms. The molecule has 0 fully saturated rings. The lowest BCUT2D eigenvalue weighted by Gasteiger charge is -2.11. The van der Waals surface area contributed by atoms with Gasteiger partial charge >= 0.3 is 5.69 Å². The van der Waals surface area contributed by atoms with Gasteiger partial charge in [0.1, 0.15) is 11.5 Å². The molecule has 148 valence electrons. The molecule has 10 nitrogen and oxygen atoms in total. The van der Waals surface area contributed by atoms with Crippen molar-refractivity contribution in [2.75, 3.05) is 11.9 Å². The number of carbonyl (C=O) groups is 1. The number of hydrogen-bond donors (Lipinski definition) is 4. The SMILES string of the molecule is O=C(Nc1cccc(S(=O)(=O)NC2=NCCCCC2)c1)c1cc(=O)[nH]c(=O)[nH]1. The van der Waals surface area contributed by atoms with Gasteiger partial charge in [0.15, 0.2) is 0 Å². The minimum absolute atomic E-state index is 0.0448. The number of amidine groups is 1. The van der Waals surface area contributed by atoms with Crippen LogP contribution in [-0.4, -0.2) is 36.7 Å². The van der Waals surface area contributed by atoms with Crippen LogP contribution in [0.1, 0.15) is 36.2 Å². The fourth-order valence-electron chi connectivity index (χ4n) is 2.70. The first-order chi connectivity index (χ1) is 13.3. The second-order valence-electron chi connectivity index (χ2n) is 6.23. The molecular formula is C17H19N5O5S. The Balaban J connectivity index is 1.79. The third kappa shape index (κ3) is 4.94. The normalized spacial score (nSPS) is 14.6.